The standard InChI is InChI=1S/C24H30O4/c1-7-18-21(26)20(22(27)24(8-2,9-3)23(18)28-6)19(25)13-12-17-11-10-15(4)14-16(17)5/h10-14,26H,7-9H2,1-6H3/b13-12+. The number of carbonyl (C=O) groups is 2. The second-order valence-corrected chi connectivity index (χ2v) is 7.26. The molecular formula is C24H30O4. The van der Waals surface area contributed by atoms with Crippen molar-refractivity contribution in [1.82, 2.24) is 0 Å². The summed E-state index contributed by atoms with van der Waals surface area (Å²) in [7, 11) is 1.51. The summed E-state index contributed by atoms with van der Waals surface area (Å²) in [6.45, 7) is 9.68. The molecule has 0 atom stereocenters. The normalized spacial score (nSPS) is 16.9. The van der Waals surface area contributed by atoms with E-state index in [1.54, 1.807) is 6.08 Å². The number of ketones is 2. The molecule has 0 amide bonds. The van der Waals surface area contributed by atoms with E-state index in [9.17, 15) is 14.7 Å². The molecule has 4 nitrogen and oxygen atoms in total. The number of rotatable bonds is 7. The van der Waals surface area contributed by atoms with Gasteiger partial charge in [-0.05, 0) is 50.3 Å². The van der Waals surface area contributed by atoms with Crippen LogP contribution < -0.4 is 0 Å². The molecule has 0 heterocycles. The number of aliphatic hydroxyl groups is 1. The molecule has 0 saturated heterocycles. The summed E-state index contributed by atoms with van der Waals surface area (Å²) in [6, 6.07) is 5.95. The van der Waals surface area contributed by atoms with Crippen LogP contribution in [0.4, 0.5) is 0 Å². The van der Waals surface area contributed by atoms with Crippen molar-refractivity contribution in [2.75, 3.05) is 7.11 Å². The van der Waals surface area contributed by atoms with Crippen molar-refractivity contribution in [1.29, 1.82) is 0 Å². The highest BCUT2D eigenvalue weighted by atomic mass is 16.5. The molecule has 0 aliphatic heterocycles. The summed E-state index contributed by atoms with van der Waals surface area (Å²) in [5.74, 6) is -0.608. The Morgan fingerprint density at radius 1 is 1.18 bits per heavy atom. The Kier molecular flexibility index (Phi) is 6.65. The molecule has 2 rings (SSSR count). The van der Waals surface area contributed by atoms with Crippen molar-refractivity contribution in [3.8, 4) is 0 Å². The molecule has 1 aliphatic carbocycles. The first kappa shape index (κ1) is 21.7. The van der Waals surface area contributed by atoms with Crippen molar-refractivity contribution < 1.29 is 19.4 Å². The largest absolute Gasteiger partial charge is 0.507 e. The molecule has 0 bridgehead atoms. The van der Waals surface area contributed by atoms with E-state index in [0.717, 1.165) is 16.7 Å². The first-order valence-corrected chi connectivity index (χ1v) is 9.82. The Bertz CT molecular complexity index is 880. The third-order valence-corrected chi connectivity index (χ3v) is 5.74. The molecule has 1 N–H and O–H groups in total. The number of carbonyl (C=O) groups excluding carboxylic acids is 2. The van der Waals surface area contributed by atoms with Crippen LogP contribution in [0.1, 0.15) is 56.7 Å². The second kappa shape index (κ2) is 8.59. The van der Waals surface area contributed by atoms with Crippen molar-refractivity contribution in [2.45, 2.75) is 53.9 Å². The molecule has 4 heteroatoms. The average Bonchev–Trinajstić information content (AvgIpc) is 2.67. The van der Waals surface area contributed by atoms with Gasteiger partial charge in [0, 0.05) is 5.57 Å². The fourth-order valence-corrected chi connectivity index (χ4v) is 4.03. The van der Waals surface area contributed by atoms with Gasteiger partial charge in [-0.25, -0.2) is 0 Å². The van der Waals surface area contributed by atoms with Gasteiger partial charge in [-0.15, -0.1) is 0 Å². The Morgan fingerprint density at radius 3 is 2.32 bits per heavy atom. The van der Waals surface area contributed by atoms with Crippen LogP contribution in [-0.2, 0) is 14.3 Å². The number of methoxy groups -OCH3 is 1. The van der Waals surface area contributed by atoms with Crippen molar-refractivity contribution in [3.63, 3.8) is 0 Å². The van der Waals surface area contributed by atoms with Crippen LogP contribution in [0.15, 0.2) is 46.9 Å². The Labute approximate surface area is 167 Å². The van der Waals surface area contributed by atoms with E-state index in [1.807, 2.05) is 52.8 Å². The molecule has 1 aromatic carbocycles. The van der Waals surface area contributed by atoms with Gasteiger partial charge >= 0.3 is 0 Å². The third-order valence-electron chi connectivity index (χ3n) is 5.74. The van der Waals surface area contributed by atoms with Crippen molar-refractivity contribution in [3.05, 3.63) is 63.6 Å². The van der Waals surface area contributed by atoms with Gasteiger partial charge < -0.3 is 9.84 Å². The number of aryl methyl sites for hydroxylation is 2. The summed E-state index contributed by atoms with van der Waals surface area (Å²) in [5.41, 5.74) is 2.58. The summed E-state index contributed by atoms with van der Waals surface area (Å²) in [5, 5.41) is 10.7. The zero-order chi connectivity index (χ0) is 21.1. The Balaban J connectivity index is 2.55. The van der Waals surface area contributed by atoms with Crippen LogP contribution in [0.5, 0.6) is 0 Å². The first-order valence-electron chi connectivity index (χ1n) is 9.82. The lowest BCUT2D eigenvalue weighted by atomic mass is 9.68. The number of benzene rings is 1. The highest BCUT2D eigenvalue weighted by Gasteiger charge is 2.49. The van der Waals surface area contributed by atoms with Gasteiger partial charge in [0.25, 0.3) is 0 Å². The van der Waals surface area contributed by atoms with E-state index in [1.165, 1.54) is 13.2 Å². The first-order chi connectivity index (χ1) is 13.3. The van der Waals surface area contributed by atoms with Gasteiger partial charge in [-0.2, -0.15) is 0 Å². The maximum Gasteiger partial charge on any atom is 0.193 e. The molecule has 0 saturated carbocycles. The molecular weight excluding hydrogens is 352 g/mol. The van der Waals surface area contributed by atoms with Gasteiger partial charge in [0.2, 0.25) is 0 Å². The lowest BCUT2D eigenvalue weighted by Crippen LogP contribution is -2.40. The van der Waals surface area contributed by atoms with E-state index >= 15 is 0 Å². The third kappa shape index (κ3) is 3.56. The van der Waals surface area contributed by atoms with Crippen LogP contribution >= 0.6 is 0 Å². The summed E-state index contributed by atoms with van der Waals surface area (Å²) >= 11 is 0. The van der Waals surface area contributed by atoms with Crippen LogP contribution in [-0.4, -0.2) is 23.8 Å². The second-order valence-electron chi connectivity index (χ2n) is 7.26. The molecule has 0 radical (unpaired) electrons. The number of ether oxygens (including phenoxy) is 1. The minimum atomic E-state index is -0.912. The Hall–Kier alpha value is -2.62. The zero-order valence-electron chi connectivity index (χ0n) is 17.7. The van der Waals surface area contributed by atoms with Gasteiger partial charge in [0.05, 0.1) is 12.5 Å². The SMILES string of the molecule is CCC1=C(OC)C(CC)(CC)C(=O)C(C(=O)/C=C/c2ccc(C)cc2C)=C1O. The lowest BCUT2D eigenvalue weighted by molar-refractivity contribution is -0.128. The number of Topliss-reactive ketones (excluding diaryl/α,β-unsaturated/α-hetero) is 1. The van der Waals surface area contributed by atoms with Crippen LogP contribution in [0, 0.1) is 19.3 Å². The molecule has 0 fully saturated rings. The van der Waals surface area contributed by atoms with E-state index < -0.39 is 11.2 Å². The number of allylic oxidation sites excluding steroid dienone is 4. The number of hydrogen-bond donors (Lipinski definition) is 1. The maximum atomic E-state index is 13.3. The number of aliphatic hydroxyl groups excluding tert-OH is 1. The highest BCUT2D eigenvalue weighted by molar-refractivity contribution is 6.28. The molecule has 1 aliphatic rings. The molecule has 0 aromatic heterocycles. The number of hydrogen-bond acceptors (Lipinski definition) is 4. The van der Waals surface area contributed by atoms with Gasteiger partial charge in [-0.1, -0.05) is 50.6 Å². The van der Waals surface area contributed by atoms with Crippen LogP contribution in [0.25, 0.3) is 6.08 Å². The van der Waals surface area contributed by atoms with Crippen LogP contribution in [0.3, 0.4) is 0 Å². The minimum Gasteiger partial charge on any atom is -0.507 e. The smallest absolute Gasteiger partial charge is 0.193 e. The molecule has 1 aromatic rings. The monoisotopic (exact) mass is 382 g/mol. The van der Waals surface area contributed by atoms with E-state index in [2.05, 4.69) is 0 Å². The molecule has 0 spiro atoms. The van der Waals surface area contributed by atoms with Crippen molar-refractivity contribution in [2.24, 2.45) is 5.41 Å². The predicted octanol–water partition coefficient (Wildman–Crippen LogP) is 5.40. The van der Waals surface area contributed by atoms with Crippen molar-refractivity contribution >= 4 is 17.6 Å². The quantitative estimate of drug-likeness (QED) is 0.507. The van der Waals surface area contributed by atoms with E-state index in [4.69, 9.17) is 4.74 Å². The van der Waals surface area contributed by atoms with Gasteiger partial charge in [-0.3, -0.25) is 9.59 Å². The zero-order valence-corrected chi connectivity index (χ0v) is 17.7. The molecule has 28 heavy (non-hydrogen) atoms. The minimum absolute atomic E-state index is 0.137. The highest BCUT2D eigenvalue weighted by Crippen LogP contribution is 2.46. The predicted molar refractivity (Wildman–Crippen MR) is 112 cm³/mol. The fraction of sp³-hybridized carbons (Fsp3) is 0.417. The summed E-state index contributed by atoms with van der Waals surface area (Å²) in [4.78, 5) is 26.3. The van der Waals surface area contributed by atoms with E-state index in [-0.39, 0.29) is 17.1 Å². The molecule has 0 unspecified atom stereocenters. The van der Waals surface area contributed by atoms with Crippen LogP contribution in [0.2, 0.25) is 0 Å². The summed E-state index contributed by atoms with van der Waals surface area (Å²) < 4.78 is 5.55. The van der Waals surface area contributed by atoms with Gasteiger partial charge in [0.15, 0.2) is 11.6 Å². The maximum absolute atomic E-state index is 13.3. The molecule has 150 valence electrons. The van der Waals surface area contributed by atoms with E-state index in [0.29, 0.717) is 30.6 Å². The van der Waals surface area contributed by atoms with Gasteiger partial charge in [0.1, 0.15) is 17.1 Å². The fourth-order valence-electron chi connectivity index (χ4n) is 4.03. The Morgan fingerprint density at radius 2 is 1.82 bits per heavy atom. The average molecular weight is 383 g/mol. The lowest BCUT2D eigenvalue weighted by Gasteiger charge is -2.37. The summed E-state index contributed by atoms with van der Waals surface area (Å²) in [6.07, 6.45) is 4.55. The topological polar surface area (TPSA) is 63.6 Å².